The van der Waals surface area contributed by atoms with Crippen LogP contribution < -0.4 is 5.73 Å². The van der Waals surface area contributed by atoms with Crippen molar-refractivity contribution in [3.8, 4) is 0 Å². The summed E-state index contributed by atoms with van der Waals surface area (Å²) in [6.07, 6.45) is 9.63. The lowest BCUT2D eigenvalue weighted by Gasteiger charge is -2.16. The zero-order valence-corrected chi connectivity index (χ0v) is 11.4. The van der Waals surface area contributed by atoms with Crippen LogP contribution >= 0.6 is 0 Å². The van der Waals surface area contributed by atoms with Crippen LogP contribution in [0.5, 0.6) is 0 Å². The number of carbonyl (C=O) groups excluding carboxylic acids is 1. The molecule has 0 aromatic carbocycles. The molecule has 0 bridgehead atoms. The van der Waals surface area contributed by atoms with E-state index in [2.05, 4.69) is 19.9 Å². The molecule has 0 heterocycles. The minimum atomic E-state index is 0.350. The van der Waals surface area contributed by atoms with Crippen molar-refractivity contribution in [1.29, 1.82) is 0 Å². The number of ketones is 1. The molecule has 0 saturated heterocycles. The normalized spacial score (nSPS) is 18.7. The van der Waals surface area contributed by atoms with Crippen LogP contribution in [-0.2, 0) is 4.79 Å². The highest BCUT2D eigenvalue weighted by Gasteiger charge is 2.17. The molecule has 0 aliphatic heterocycles. The fourth-order valence-electron chi connectivity index (χ4n) is 2.59. The van der Waals surface area contributed by atoms with Gasteiger partial charge in [-0.25, -0.2) is 0 Å². The Hall–Kier alpha value is -0.630. The summed E-state index contributed by atoms with van der Waals surface area (Å²) >= 11 is 0. The van der Waals surface area contributed by atoms with Gasteiger partial charge >= 0.3 is 0 Å². The third-order valence-corrected chi connectivity index (χ3v) is 3.51. The Morgan fingerprint density at radius 1 is 1.35 bits per heavy atom. The first-order valence-electron chi connectivity index (χ1n) is 7.05. The van der Waals surface area contributed by atoms with Crippen LogP contribution in [0.25, 0.3) is 0 Å². The molecular weight excluding hydrogens is 210 g/mol. The van der Waals surface area contributed by atoms with Gasteiger partial charge in [-0.2, -0.15) is 0 Å². The van der Waals surface area contributed by atoms with Gasteiger partial charge in [0.2, 0.25) is 0 Å². The lowest BCUT2D eigenvalue weighted by atomic mass is 9.89. The number of nitrogens with two attached hydrogens (primary N) is 1. The van der Waals surface area contributed by atoms with Gasteiger partial charge in [-0.15, -0.1) is 0 Å². The second kappa shape index (κ2) is 7.65. The smallest absolute Gasteiger partial charge is 0.158 e. The van der Waals surface area contributed by atoms with Crippen molar-refractivity contribution in [2.45, 2.75) is 58.8 Å². The van der Waals surface area contributed by atoms with Crippen molar-refractivity contribution in [1.82, 2.24) is 0 Å². The molecule has 0 saturated carbocycles. The Morgan fingerprint density at radius 3 is 2.76 bits per heavy atom. The van der Waals surface area contributed by atoms with Gasteiger partial charge in [0.05, 0.1) is 0 Å². The highest BCUT2D eigenvalue weighted by Crippen LogP contribution is 2.22. The molecular formula is C15H27NO. The molecule has 2 heteroatoms. The maximum atomic E-state index is 12.2. The third-order valence-electron chi connectivity index (χ3n) is 3.51. The monoisotopic (exact) mass is 237 g/mol. The fourth-order valence-corrected chi connectivity index (χ4v) is 2.59. The van der Waals surface area contributed by atoms with E-state index in [9.17, 15) is 4.79 Å². The standard InChI is InChI=1S/C15H27NO/c1-12(2)9-13(11-16)10-15(17)14-7-5-3-4-6-8-14/h7,12-13H,3-6,8-11,16H2,1-2H3. The maximum absolute atomic E-state index is 12.2. The van der Waals surface area contributed by atoms with Crippen LogP contribution in [0.4, 0.5) is 0 Å². The maximum Gasteiger partial charge on any atom is 0.158 e. The number of allylic oxidation sites excluding steroid dienone is 2. The van der Waals surface area contributed by atoms with E-state index < -0.39 is 0 Å². The van der Waals surface area contributed by atoms with Gasteiger partial charge in [0, 0.05) is 6.42 Å². The molecule has 1 aliphatic rings. The molecule has 0 radical (unpaired) electrons. The topological polar surface area (TPSA) is 43.1 Å². The van der Waals surface area contributed by atoms with Crippen LogP contribution in [0.2, 0.25) is 0 Å². The SMILES string of the molecule is CC(C)CC(CN)CC(=O)C1=CCCCCC1. The van der Waals surface area contributed by atoms with E-state index in [1.807, 2.05) is 0 Å². The highest BCUT2D eigenvalue weighted by molar-refractivity contribution is 5.95. The Bertz CT molecular complexity index is 268. The molecule has 0 fully saturated rings. The van der Waals surface area contributed by atoms with E-state index in [-0.39, 0.29) is 0 Å². The van der Waals surface area contributed by atoms with Crippen LogP contribution in [0.3, 0.4) is 0 Å². The second-order valence-electron chi connectivity index (χ2n) is 5.69. The van der Waals surface area contributed by atoms with E-state index in [0.717, 1.165) is 24.8 Å². The lowest BCUT2D eigenvalue weighted by molar-refractivity contribution is -0.116. The third kappa shape index (κ3) is 5.49. The number of hydrogen-bond donors (Lipinski definition) is 1. The average molecular weight is 237 g/mol. The van der Waals surface area contributed by atoms with Gasteiger partial charge in [-0.1, -0.05) is 26.3 Å². The summed E-state index contributed by atoms with van der Waals surface area (Å²) < 4.78 is 0. The Balaban J connectivity index is 2.48. The molecule has 98 valence electrons. The number of Topliss-reactive ketones (excluding diaryl/α,β-unsaturated/α-hetero) is 1. The predicted molar refractivity (Wildman–Crippen MR) is 72.8 cm³/mol. The van der Waals surface area contributed by atoms with E-state index in [1.54, 1.807) is 0 Å². The second-order valence-corrected chi connectivity index (χ2v) is 5.69. The highest BCUT2D eigenvalue weighted by atomic mass is 16.1. The average Bonchev–Trinajstić information content (AvgIpc) is 2.55. The summed E-state index contributed by atoms with van der Waals surface area (Å²) in [5.41, 5.74) is 6.83. The van der Waals surface area contributed by atoms with Crippen molar-refractivity contribution < 1.29 is 4.79 Å². The molecule has 1 unspecified atom stereocenters. The summed E-state index contributed by atoms with van der Waals surface area (Å²) in [5.74, 6) is 1.34. The van der Waals surface area contributed by atoms with Crippen LogP contribution in [0.1, 0.15) is 58.8 Å². The molecule has 0 amide bonds. The van der Waals surface area contributed by atoms with Crippen LogP contribution in [-0.4, -0.2) is 12.3 Å². The largest absolute Gasteiger partial charge is 0.330 e. The van der Waals surface area contributed by atoms with Crippen molar-refractivity contribution in [2.24, 2.45) is 17.6 Å². The molecule has 1 rings (SSSR count). The first kappa shape index (κ1) is 14.4. The van der Waals surface area contributed by atoms with E-state index in [0.29, 0.717) is 30.6 Å². The lowest BCUT2D eigenvalue weighted by Crippen LogP contribution is -2.20. The van der Waals surface area contributed by atoms with Gasteiger partial charge < -0.3 is 5.73 Å². The molecule has 0 spiro atoms. The summed E-state index contributed by atoms with van der Waals surface area (Å²) in [6, 6.07) is 0. The summed E-state index contributed by atoms with van der Waals surface area (Å²) in [6.45, 7) is 5.02. The van der Waals surface area contributed by atoms with Crippen molar-refractivity contribution >= 4 is 5.78 Å². The van der Waals surface area contributed by atoms with Crippen LogP contribution in [0, 0.1) is 11.8 Å². The number of rotatable bonds is 6. The summed E-state index contributed by atoms with van der Waals surface area (Å²) in [5, 5.41) is 0. The summed E-state index contributed by atoms with van der Waals surface area (Å²) in [4.78, 5) is 12.2. The van der Waals surface area contributed by atoms with E-state index >= 15 is 0 Å². The van der Waals surface area contributed by atoms with Gasteiger partial charge in [0.1, 0.15) is 0 Å². The zero-order chi connectivity index (χ0) is 12.7. The van der Waals surface area contributed by atoms with Gasteiger partial charge in [-0.3, -0.25) is 4.79 Å². The first-order valence-corrected chi connectivity index (χ1v) is 7.05. The summed E-state index contributed by atoms with van der Waals surface area (Å²) in [7, 11) is 0. The Kier molecular flexibility index (Phi) is 6.49. The fraction of sp³-hybridized carbons (Fsp3) is 0.800. The first-order chi connectivity index (χ1) is 8.13. The van der Waals surface area contributed by atoms with Gasteiger partial charge in [0.25, 0.3) is 0 Å². The van der Waals surface area contributed by atoms with E-state index in [1.165, 1.54) is 19.3 Å². The van der Waals surface area contributed by atoms with Crippen molar-refractivity contribution in [3.05, 3.63) is 11.6 Å². The quantitative estimate of drug-likeness (QED) is 0.768. The predicted octanol–water partition coefficient (Wildman–Crippen LogP) is 3.46. The minimum Gasteiger partial charge on any atom is -0.330 e. The molecule has 0 aromatic heterocycles. The number of carbonyl (C=O) groups is 1. The van der Waals surface area contributed by atoms with Crippen LogP contribution in [0.15, 0.2) is 11.6 Å². The van der Waals surface area contributed by atoms with Gasteiger partial charge in [0.15, 0.2) is 5.78 Å². The molecule has 1 atom stereocenters. The van der Waals surface area contributed by atoms with Gasteiger partial charge in [-0.05, 0) is 56.1 Å². The number of hydrogen-bond acceptors (Lipinski definition) is 2. The molecule has 0 aromatic rings. The Labute approximate surface area is 106 Å². The molecule has 17 heavy (non-hydrogen) atoms. The molecule has 2 nitrogen and oxygen atoms in total. The zero-order valence-electron chi connectivity index (χ0n) is 11.4. The van der Waals surface area contributed by atoms with Crippen molar-refractivity contribution in [3.63, 3.8) is 0 Å². The van der Waals surface area contributed by atoms with Crippen molar-refractivity contribution in [2.75, 3.05) is 6.54 Å². The minimum absolute atomic E-state index is 0.350. The molecule has 1 aliphatic carbocycles. The Morgan fingerprint density at radius 2 is 2.12 bits per heavy atom. The molecule has 2 N–H and O–H groups in total. The van der Waals surface area contributed by atoms with E-state index in [4.69, 9.17) is 5.73 Å².